The van der Waals surface area contributed by atoms with Crippen molar-refractivity contribution in [2.24, 2.45) is 5.92 Å². The second-order valence-corrected chi connectivity index (χ2v) is 5.49. The first-order valence-corrected chi connectivity index (χ1v) is 6.80. The van der Waals surface area contributed by atoms with Crippen LogP contribution < -0.4 is 0 Å². The fourth-order valence-corrected chi connectivity index (χ4v) is 1.93. The van der Waals surface area contributed by atoms with Crippen LogP contribution in [0.3, 0.4) is 0 Å². The van der Waals surface area contributed by atoms with Crippen LogP contribution in [-0.2, 0) is 33.4 Å². The van der Waals surface area contributed by atoms with Crippen LogP contribution in [0.25, 0.3) is 0 Å². The van der Waals surface area contributed by atoms with Crippen molar-refractivity contribution in [1.82, 2.24) is 0 Å². The average molecular weight is 316 g/mol. The third-order valence-corrected chi connectivity index (χ3v) is 3.72. The molecule has 0 aromatic rings. The van der Waals surface area contributed by atoms with Crippen LogP contribution in [0.4, 0.5) is 0 Å². The highest BCUT2D eigenvalue weighted by molar-refractivity contribution is 6.22. The van der Waals surface area contributed by atoms with Crippen molar-refractivity contribution in [3.8, 4) is 0 Å². The maximum absolute atomic E-state index is 12.2. The number of carbonyl (C=O) groups is 4. The smallest absolute Gasteiger partial charge is 0.345 e. The number of ether oxygens (including phenoxy) is 3. The van der Waals surface area contributed by atoms with Crippen molar-refractivity contribution >= 4 is 23.5 Å². The monoisotopic (exact) mass is 316 g/mol. The fourth-order valence-electron chi connectivity index (χ4n) is 1.93. The first kappa shape index (κ1) is 18.2. The van der Waals surface area contributed by atoms with Gasteiger partial charge < -0.3 is 19.3 Å². The summed E-state index contributed by atoms with van der Waals surface area (Å²) < 4.78 is 14.4. The average Bonchev–Trinajstić information content (AvgIpc) is 2.49. The number of hydrogen-bond donors (Lipinski definition) is 1. The van der Waals surface area contributed by atoms with Crippen LogP contribution in [0, 0.1) is 5.92 Å². The lowest BCUT2D eigenvalue weighted by Gasteiger charge is -2.40. The van der Waals surface area contributed by atoms with Crippen LogP contribution in [0.5, 0.6) is 0 Å². The standard InChI is InChI=1S/C14H20O8/c1-6-7(2)9(16)21-10-8(15)13(3,19)11(17)14(4,22-10)12(18)20-5/h7,10,19H,6H2,1-5H3. The summed E-state index contributed by atoms with van der Waals surface area (Å²) in [7, 11) is 1.02. The van der Waals surface area contributed by atoms with Gasteiger partial charge in [0.1, 0.15) is 0 Å². The number of rotatable bonds is 4. The van der Waals surface area contributed by atoms with Gasteiger partial charge in [-0.3, -0.25) is 14.4 Å². The molecule has 0 aromatic carbocycles. The van der Waals surface area contributed by atoms with Crippen LogP contribution in [-0.4, -0.2) is 53.2 Å². The Kier molecular flexibility index (Phi) is 5.09. The highest BCUT2D eigenvalue weighted by Crippen LogP contribution is 2.32. The molecule has 0 bridgehead atoms. The van der Waals surface area contributed by atoms with Crippen molar-refractivity contribution in [2.75, 3.05) is 7.11 Å². The molecule has 0 amide bonds. The normalized spacial score (nSPS) is 33.3. The van der Waals surface area contributed by atoms with Crippen LogP contribution >= 0.6 is 0 Å². The predicted octanol–water partition coefficient (Wildman–Crippen LogP) is -0.247. The van der Waals surface area contributed by atoms with Crippen molar-refractivity contribution < 1.29 is 38.5 Å². The molecule has 0 radical (unpaired) electrons. The van der Waals surface area contributed by atoms with Gasteiger partial charge in [-0.15, -0.1) is 0 Å². The third-order valence-electron chi connectivity index (χ3n) is 3.72. The molecule has 0 saturated carbocycles. The molecule has 1 N–H and O–H groups in total. The SMILES string of the molecule is CCC(C)C(=O)OC1OC(C)(C(=O)OC)C(=O)C(C)(O)C1=O. The number of Topliss-reactive ketones (excluding diaryl/α,β-unsaturated/α-hetero) is 2. The lowest BCUT2D eigenvalue weighted by atomic mass is 9.81. The Hall–Kier alpha value is -1.80. The third kappa shape index (κ3) is 2.89. The quantitative estimate of drug-likeness (QED) is 0.557. The number of esters is 2. The van der Waals surface area contributed by atoms with Crippen molar-refractivity contribution in [1.29, 1.82) is 0 Å². The maximum atomic E-state index is 12.2. The molecule has 0 aromatic heterocycles. The van der Waals surface area contributed by atoms with Crippen molar-refractivity contribution in [2.45, 2.75) is 51.6 Å². The van der Waals surface area contributed by atoms with E-state index in [1.54, 1.807) is 13.8 Å². The highest BCUT2D eigenvalue weighted by Gasteiger charge is 2.63. The lowest BCUT2D eigenvalue weighted by Crippen LogP contribution is -2.68. The van der Waals surface area contributed by atoms with Gasteiger partial charge in [0.05, 0.1) is 13.0 Å². The van der Waals surface area contributed by atoms with E-state index in [9.17, 15) is 24.3 Å². The van der Waals surface area contributed by atoms with E-state index in [1.807, 2.05) is 0 Å². The molecule has 1 aliphatic heterocycles. The summed E-state index contributed by atoms with van der Waals surface area (Å²) in [5.41, 5.74) is -4.77. The van der Waals surface area contributed by atoms with Crippen LogP contribution in [0.2, 0.25) is 0 Å². The number of ketones is 2. The zero-order valence-electron chi connectivity index (χ0n) is 13.2. The molecule has 1 saturated heterocycles. The number of carbonyl (C=O) groups excluding carboxylic acids is 4. The molecule has 1 rings (SSSR count). The Bertz CT molecular complexity index is 509. The summed E-state index contributed by atoms with van der Waals surface area (Å²) in [6.45, 7) is 5.30. The molecule has 1 heterocycles. The lowest BCUT2D eigenvalue weighted by molar-refractivity contribution is -0.239. The Balaban J connectivity index is 3.15. The van der Waals surface area contributed by atoms with Gasteiger partial charge in [-0.25, -0.2) is 4.79 Å². The number of methoxy groups -OCH3 is 1. The van der Waals surface area contributed by atoms with E-state index in [4.69, 9.17) is 9.47 Å². The highest BCUT2D eigenvalue weighted by atomic mass is 16.7. The van der Waals surface area contributed by atoms with E-state index < -0.39 is 46.9 Å². The molecular formula is C14H20O8. The minimum Gasteiger partial charge on any atom is -0.467 e. The second kappa shape index (κ2) is 6.13. The molecule has 0 spiro atoms. The number of aliphatic hydroxyl groups is 1. The first-order valence-electron chi connectivity index (χ1n) is 6.80. The van der Waals surface area contributed by atoms with E-state index >= 15 is 0 Å². The zero-order valence-corrected chi connectivity index (χ0v) is 13.2. The summed E-state index contributed by atoms with van der Waals surface area (Å²) in [6, 6.07) is 0. The molecule has 1 aliphatic rings. The van der Waals surface area contributed by atoms with Gasteiger partial charge >= 0.3 is 11.9 Å². The minimum atomic E-state index is -2.53. The summed E-state index contributed by atoms with van der Waals surface area (Å²) in [6.07, 6.45) is -1.40. The molecule has 22 heavy (non-hydrogen) atoms. The van der Waals surface area contributed by atoms with Crippen molar-refractivity contribution in [3.05, 3.63) is 0 Å². The van der Waals surface area contributed by atoms with E-state index in [-0.39, 0.29) is 0 Å². The molecule has 4 unspecified atom stereocenters. The Labute approximate surface area is 127 Å². The summed E-state index contributed by atoms with van der Waals surface area (Å²) in [4.78, 5) is 47.8. The van der Waals surface area contributed by atoms with Gasteiger partial charge in [0.2, 0.25) is 17.2 Å². The molecule has 124 valence electrons. The minimum absolute atomic E-state index is 0.462. The Morgan fingerprint density at radius 3 is 2.36 bits per heavy atom. The molecule has 0 aliphatic carbocycles. The van der Waals surface area contributed by atoms with Gasteiger partial charge in [-0.05, 0) is 20.3 Å². The van der Waals surface area contributed by atoms with Gasteiger partial charge in [0.25, 0.3) is 6.29 Å². The molecule has 1 fully saturated rings. The van der Waals surface area contributed by atoms with E-state index in [0.717, 1.165) is 21.0 Å². The van der Waals surface area contributed by atoms with Gasteiger partial charge in [0.15, 0.2) is 5.60 Å². The molecule has 8 nitrogen and oxygen atoms in total. The summed E-state index contributed by atoms with van der Waals surface area (Å²) in [5.74, 6) is -4.67. The van der Waals surface area contributed by atoms with Gasteiger partial charge in [0, 0.05) is 0 Å². The zero-order chi connectivity index (χ0) is 17.3. The maximum Gasteiger partial charge on any atom is 0.345 e. The van der Waals surface area contributed by atoms with Crippen LogP contribution in [0.1, 0.15) is 34.1 Å². The summed E-state index contributed by atoms with van der Waals surface area (Å²) in [5, 5.41) is 10.1. The fraction of sp³-hybridized carbons (Fsp3) is 0.714. The number of hydrogen-bond acceptors (Lipinski definition) is 8. The first-order chi connectivity index (χ1) is 10.0. The predicted molar refractivity (Wildman–Crippen MR) is 71.5 cm³/mol. The molecule has 8 heteroatoms. The Morgan fingerprint density at radius 1 is 1.36 bits per heavy atom. The molecular weight excluding hydrogens is 296 g/mol. The second-order valence-electron chi connectivity index (χ2n) is 5.49. The molecule has 4 atom stereocenters. The largest absolute Gasteiger partial charge is 0.467 e. The van der Waals surface area contributed by atoms with Gasteiger partial charge in [-0.1, -0.05) is 13.8 Å². The summed E-state index contributed by atoms with van der Waals surface area (Å²) >= 11 is 0. The van der Waals surface area contributed by atoms with Crippen LogP contribution in [0.15, 0.2) is 0 Å². The van der Waals surface area contributed by atoms with E-state index in [0.29, 0.717) is 6.42 Å². The van der Waals surface area contributed by atoms with E-state index in [1.165, 1.54) is 0 Å². The van der Waals surface area contributed by atoms with E-state index in [2.05, 4.69) is 4.74 Å². The Morgan fingerprint density at radius 2 is 1.91 bits per heavy atom. The van der Waals surface area contributed by atoms with Crippen molar-refractivity contribution in [3.63, 3.8) is 0 Å². The van der Waals surface area contributed by atoms with Gasteiger partial charge in [-0.2, -0.15) is 0 Å². The topological polar surface area (TPSA) is 116 Å².